The molecule has 0 spiro atoms. The number of aromatic nitrogens is 1. The predicted molar refractivity (Wildman–Crippen MR) is 113 cm³/mol. The summed E-state index contributed by atoms with van der Waals surface area (Å²) >= 11 is 0. The smallest absolute Gasteiger partial charge is 0.273 e. The molecule has 166 valence electrons. The van der Waals surface area contributed by atoms with E-state index in [0.717, 1.165) is 38.1 Å². The van der Waals surface area contributed by atoms with E-state index >= 15 is 0 Å². The number of nitrogens with zero attached hydrogens (tertiary/aromatic N) is 1. The molecule has 0 radical (unpaired) electrons. The van der Waals surface area contributed by atoms with Crippen LogP contribution in [0.4, 0.5) is 20.4 Å². The summed E-state index contributed by atoms with van der Waals surface area (Å²) in [4.78, 5) is 28.1. The van der Waals surface area contributed by atoms with Crippen molar-refractivity contribution in [3.63, 3.8) is 0 Å². The molecule has 3 aromatic rings. The normalized spacial score (nSPS) is 15.9. The molecule has 0 aliphatic carbocycles. The highest BCUT2D eigenvalue weighted by molar-refractivity contribution is 5.97. The second-order valence-electron chi connectivity index (χ2n) is 7.38. The average molecular weight is 441 g/mol. The molecule has 10 heteroatoms. The van der Waals surface area contributed by atoms with Gasteiger partial charge in [-0.1, -0.05) is 6.07 Å². The Kier molecular flexibility index (Phi) is 6.13. The first-order valence-electron chi connectivity index (χ1n) is 10.1. The molecule has 0 unspecified atom stereocenters. The maximum absolute atomic E-state index is 14.1. The van der Waals surface area contributed by atoms with Crippen molar-refractivity contribution in [1.82, 2.24) is 15.6 Å². The fraction of sp³-hybridized carbons (Fsp3) is 0.227. The SMILES string of the molecule is NC(=O)c1nc(-c2c(F)cccc2F)oc1Nc1ccc(C(=O)N[C@@H]2CCCNC2)cc1. The van der Waals surface area contributed by atoms with Gasteiger partial charge in [0.05, 0.1) is 0 Å². The maximum atomic E-state index is 14.1. The fourth-order valence-corrected chi connectivity index (χ4v) is 3.46. The van der Waals surface area contributed by atoms with Crippen LogP contribution < -0.4 is 21.7 Å². The molecular weight excluding hydrogens is 420 g/mol. The molecule has 1 saturated heterocycles. The van der Waals surface area contributed by atoms with E-state index in [4.69, 9.17) is 10.2 Å². The Labute approximate surface area is 182 Å². The van der Waals surface area contributed by atoms with Gasteiger partial charge in [-0.05, 0) is 55.8 Å². The zero-order valence-electron chi connectivity index (χ0n) is 17.0. The molecule has 2 aromatic carbocycles. The largest absolute Gasteiger partial charge is 0.419 e. The van der Waals surface area contributed by atoms with E-state index in [1.54, 1.807) is 24.3 Å². The van der Waals surface area contributed by atoms with E-state index < -0.39 is 29.0 Å². The lowest BCUT2D eigenvalue weighted by Gasteiger charge is -2.23. The number of primary amides is 1. The van der Waals surface area contributed by atoms with Crippen LogP contribution in [-0.2, 0) is 0 Å². The number of amides is 2. The van der Waals surface area contributed by atoms with Crippen LogP contribution in [0.15, 0.2) is 46.9 Å². The summed E-state index contributed by atoms with van der Waals surface area (Å²) in [5, 5.41) is 9.03. The second kappa shape index (κ2) is 9.15. The molecule has 4 rings (SSSR count). The molecule has 1 fully saturated rings. The Hall–Kier alpha value is -3.79. The number of hydrogen-bond donors (Lipinski definition) is 4. The van der Waals surface area contributed by atoms with Crippen LogP contribution >= 0.6 is 0 Å². The Morgan fingerprint density at radius 1 is 1.12 bits per heavy atom. The minimum absolute atomic E-state index is 0.0820. The molecule has 0 bridgehead atoms. The van der Waals surface area contributed by atoms with Crippen LogP contribution in [0.3, 0.4) is 0 Å². The van der Waals surface area contributed by atoms with Crippen LogP contribution in [-0.4, -0.2) is 35.9 Å². The summed E-state index contributed by atoms with van der Waals surface area (Å²) in [6.07, 6.45) is 1.93. The molecule has 1 aliphatic rings. The highest BCUT2D eigenvalue weighted by atomic mass is 19.1. The first kappa shape index (κ1) is 21.4. The Balaban J connectivity index is 1.53. The van der Waals surface area contributed by atoms with E-state index in [1.165, 1.54) is 6.07 Å². The van der Waals surface area contributed by atoms with Crippen molar-refractivity contribution in [3.05, 3.63) is 65.4 Å². The number of carbonyl (C=O) groups excluding carboxylic acids is 2. The van der Waals surface area contributed by atoms with E-state index in [0.29, 0.717) is 11.3 Å². The highest BCUT2D eigenvalue weighted by Gasteiger charge is 2.23. The van der Waals surface area contributed by atoms with Gasteiger partial charge in [-0.25, -0.2) is 13.8 Å². The van der Waals surface area contributed by atoms with E-state index in [-0.39, 0.29) is 23.5 Å². The first-order valence-corrected chi connectivity index (χ1v) is 10.1. The van der Waals surface area contributed by atoms with Crippen molar-refractivity contribution in [3.8, 4) is 11.5 Å². The van der Waals surface area contributed by atoms with Crippen molar-refractivity contribution in [2.24, 2.45) is 5.73 Å². The Morgan fingerprint density at radius 2 is 1.84 bits per heavy atom. The fourth-order valence-electron chi connectivity index (χ4n) is 3.46. The molecule has 32 heavy (non-hydrogen) atoms. The number of halogens is 2. The van der Waals surface area contributed by atoms with Gasteiger partial charge in [0.15, 0.2) is 5.69 Å². The highest BCUT2D eigenvalue weighted by Crippen LogP contribution is 2.31. The molecule has 5 N–H and O–H groups in total. The van der Waals surface area contributed by atoms with Gasteiger partial charge in [0.25, 0.3) is 11.8 Å². The zero-order chi connectivity index (χ0) is 22.7. The van der Waals surface area contributed by atoms with E-state index in [1.807, 2.05) is 0 Å². The summed E-state index contributed by atoms with van der Waals surface area (Å²) < 4.78 is 33.6. The number of benzene rings is 2. The van der Waals surface area contributed by atoms with Crippen LogP contribution in [0.25, 0.3) is 11.5 Å². The maximum Gasteiger partial charge on any atom is 0.273 e. The van der Waals surface area contributed by atoms with Gasteiger partial charge >= 0.3 is 0 Å². The third-order valence-corrected chi connectivity index (χ3v) is 5.07. The molecule has 2 heterocycles. The van der Waals surface area contributed by atoms with Crippen molar-refractivity contribution < 1.29 is 22.8 Å². The first-order chi connectivity index (χ1) is 15.4. The number of hydrogen-bond acceptors (Lipinski definition) is 6. The van der Waals surface area contributed by atoms with Crippen molar-refractivity contribution in [2.45, 2.75) is 18.9 Å². The van der Waals surface area contributed by atoms with Gasteiger partial charge in [0.2, 0.25) is 11.8 Å². The average Bonchev–Trinajstić information content (AvgIpc) is 3.18. The number of carbonyl (C=O) groups is 2. The lowest BCUT2D eigenvalue weighted by Crippen LogP contribution is -2.45. The quantitative estimate of drug-likeness (QED) is 0.467. The number of nitrogens with two attached hydrogens (primary N) is 1. The van der Waals surface area contributed by atoms with Gasteiger partial charge < -0.3 is 26.1 Å². The van der Waals surface area contributed by atoms with Gasteiger partial charge in [0, 0.05) is 23.8 Å². The number of anilines is 2. The van der Waals surface area contributed by atoms with Gasteiger partial charge in [-0.3, -0.25) is 9.59 Å². The summed E-state index contributed by atoms with van der Waals surface area (Å²) in [5.74, 6) is -3.50. The molecule has 1 aromatic heterocycles. The standard InChI is InChI=1S/C22H21F2N5O3/c23-15-4-1-5-16(24)17(15)21-29-18(19(25)30)22(32-21)28-13-8-6-12(7-9-13)20(31)27-14-3-2-10-26-11-14/h1,4-9,14,26,28H,2-3,10-11H2,(H2,25,30)(H,27,31)/t14-/m1/s1. The zero-order valence-corrected chi connectivity index (χ0v) is 17.0. The number of piperidine rings is 1. The van der Waals surface area contributed by atoms with Gasteiger partial charge in [-0.2, -0.15) is 0 Å². The minimum atomic E-state index is -0.934. The summed E-state index contributed by atoms with van der Waals surface area (Å²) in [6, 6.07) is 9.79. The van der Waals surface area contributed by atoms with Crippen LogP contribution in [0, 0.1) is 11.6 Å². The molecule has 8 nitrogen and oxygen atoms in total. The monoisotopic (exact) mass is 441 g/mol. The number of oxazole rings is 1. The van der Waals surface area contributed by atoms with Gasteiger partial charge in [-0.15, -0.1) is 0 Å². The molecule has 0 saturated carbocycles. The molecule has 1 atom stereocenters. The molecule has 1 aliphatic heterocycles. The Morgan fingerprint density at radius 3 is 2.47 bits per heavy atom. The topological polar surface area (TPSA) is 122 Å². The third kappa shape index (κ3) is 4.59. The number of nitrogens with one attached hydrogen (secondary N) is 3. The summed E-state index contributed by atoms with van der Waals surface area (Å²) in [7, 11) is 0. The summed E-state index contributed by atoms with van der Waals surface area (Å²) in [5.41, 5.74) is 5.44. The lowest BCUT2D eigenvalue weighted by atomic mass is 10.1. The van der Waals surface area contributed by atoms with Gasteiger partial charge in [0.1, 0.15) is 17.2 Å². The number of rotatable bonds is 6. The molecular formula is C22H21F2N5O3. The van der Waals surface area contributed by atoms with Crippen molar-refractivity contribution in [1.29, 1.82) is 0 Å². The minimum Gasteiger partial charge on any atom is -0.419 e. The lowest BCUT2D eigenvalue weighted by molar-refractivity contribution is 0.0929. The van der Waals surface area contributed by atoms with Crippen LogP contribution in [0.1, 0.15) is 33.7 Å². The summed E-state index contributed by atoms with van der Waals surface area (Å²) in [6.45, 7) is 1.69. The predicted octanol–water partition coefficient (Wildman–Crippen LogP) is 2.94. The second-order valence-corrected chi connectivity index (χ2v) is 7.38. The molecule has 2 amide bonds. The van der Waals surface area contributed by atoms with Crippen LogP contribution in [0.2, 0.25) is 0 Å². The third-order valence-electron chi connectivity index (χ3n) is 5.07. The van der Waals surface area contributed by atoms with Crippen molar-refractivity contribution in [2.75, 3.05) is 18.4 Å². The Bertz CT molecular complexity index is 1120. The van der Waals surface area contributed by atoms with Crippen LogP contribution in [0.5, 0.6) is 0 Å². The van der Waals surface area contributed by atoms with Crippen molar-refractivity contribution >= 4 is 23.4 Å². The van der Waals surface area contributed by atoms with E-state index in [2.05, 4.69) is 20.9 Å². The van der Waals surface area contributed by atoms with E-state index in [9.17, 15) is 18.4 Å².